The van der Waals surface area contributed by atoms with Gasteiger partial charge in [-0.2, -0.15) is 0 Å². The quantitative estimate of drug-likeness (QED) is 0.753. The number of piperidine rings is 1. The third-order valence-corrected chi connectivity index (χ3v) is 4.01. The molecule has 2 saturated heterocycles. The van der Waals surface area contributed by atoms with Gasteiger partial charge in [0, 0.05) is 32.1 Å². The van der Waals surface area contributed by atoms with Crippen LogP contribution < -0.4 is 0 Å². The number of amides is 1. The lowest BCUT2D eigenvalue weighted by atomic mass is 10.0. The molecular formula is C11H14N2O3S. The molecule has 2 aliphatic heterocycles. The number of hydrogen-bond donors (Lipinski definition) is 0. The lowest BCUT2D eigenvalue weighted by Crippen LogP contribution is -2.47. The SMILES string of the molecule is O=C(c1ccns1)N1CCC2(CC1)OCCO2. The highest BCUT2D eigenvalue weighted by Gasteiger charge is 2.40. The van der Waals surface area contributed by atoms with Gasteiger partial charge in [0.25, 0.3) is 5.91 Å². The minimum Gasteiger partial charge on any atom is -0.347 e. The summed E-state index contributed by atoms with van der Waals surface area (Å²) >= 11 is 1.24. The molecular weight excluding hydrogens is 240 g/mol. The van der Waals surface area contributed by atoms with Crippen LogP contribution in [0.2, 0.25) is 0 Å². The monoisotopic (exact) mass is 254 g/mol. The van der Waals surface area contributed by atoms with Crippen LogP contribution in [-0.4, -0.2) is 47.3 Å². The van der Waals surface area contributed by atoms with Crippen molar-refractivity contribution in [3.63, 3.8) is 0 Å². The Morgan fingerprint density at radius 3 is 2.65 bits per heavy atom. The molecule has 1 spiro atoms. The Balaban J connectivity index is 1.63. The largest absolute Gasteiger partial charge is 0.347 e. The van der Waals surface area contributed by atoms with Crippen molar-refractivity contribution in [2.24, 2.45) is 0 Å². The highest BCUT2D eigenvalue weighted by Crippen LogP contribution is 2.31. The van der Waals surface area contributed by atoms with Gasteiger partial charge in [-0.1, -0.05) is 0 Å². The average molecular weight is 254 g/mol. The van der Waals surface area contributed by atoms with Gasteiger partial charge in [-0.25, -0.2) is 4.37 Å². The van der Waals surface area contributed by atoms with Gasteiger partial charge in [0.2, 0.25) is 0 Å². The predicted octanol–water partition coefficient (Wildman–Crippen LogP) is 1.12. The number of aromatic nitrogens is 1. The maximum Gasteiger partial charge on any atom is 0.265 e. The van der Waals surface area contributed by atoms with Crippen LogP contribution in [0, 0.1) is 0 Å². The average Bonchev–Trinajstić information content (AvgIpc) is 3.01. The van der Waals surface area contributed by atoms with Crippen LogP contribution in [0.1, 0.15) is 22.5 Å². The highest BCUT2D eigenvalue weighted by atomic mass is 32.1. The van der Waals surface area contributed by atoms with Gasteiger partial charge in [0.05, 0.1) is 13.2 Å². The summed E-state index contributed by atoms with van der Waals surface area (Å²) in [5.41, 5.74) is 0. The summed E-state index contributed by atoms with van der Waals surface area (Å²) in [6.45, 7) is 2.72. The summed E-state index contributed by atoms with van der Waals surface area (Å²) < 4.78 is 15.2. The van der Waals surface area contributed by atoms with Crippen molar-refractivity contribution in [3.05, 3.63) is 17.1 Å². The Hall–Kier alpha value is -0.980. The summed E-state index contributed by atoms with van der Waals surface area (Å²) in [5.74, 6) is -0.342. The van der Waals surface area contributed by atoms with E-state index in [0.29, 0.717) is 31.2 Å². The van der Waals surface area contributed by atoms with Crippen molar-refractivity contribution >= 4 is 17.4 Å². The second-order valence-electron chi connectivity index (χ2n) is 4.28. The second kappa shape index (κ2) is 4.36. The molecule has 5 nitrogen and oxygen atoms in total. The number of carbonyl (C=O) groups is 1. The smallest absolute Gasteiger partial charge is 0.265 e. The van der Waals surface area contributed by atoms with E-state index in [4.69, 9.17) is 9.47 Å². The van der Waals surface area contributed by atoms with Crippen LogP contribution in [0.4, 0.5) is 0 Å². The van der Waals surface area contributed by atoms with Gasteiger partial charge in [-0.05, 0) is 17.6 Å². The second-order valence-corrected chi connectivity index (χ2v) is 5.11. The van der Waals surface area contributed by atoms with Crippen molar-refractivity contribution in [3.8, 4) is 0 Å². The van der Waals surface area contributed by atoms with Crippen molar-refractivity contribution in [2.45, 2.75) is 18.6 Å². The molecule has 17 heavy (non-hydrogen) atoms. The fourth-order valence-corrected chi connectivity index (χ4v) is 2.88. The molecule has 1 amide bonds. The van der Waals surface area contributed by atoms with E-state index in [9.17, 15) is 4.79 Å². The van der Waals surface area contributed by atoms with Crippen LogP contribution in [0.15, 0.2) is 12.3 Å². The summed E-state index contributed by atoms with van der Waals surface area (Å²) in [7, 11) is 0. The van der Waals surface area contributed by atoms with Gasteiger partial charge in [-0.3, -0.25) is 4.79 Å². The van der Waals surface area contributed by atoms with E-state index < -0.39 is 5.79 Å². The Labute approximate surface area is 103 Å². The third-order valence-electron chi connectivity index (χ3n) is 3.27. The number of rotatable bonds is 1. The molecule has 2 aliphatic rings. The molecule has 0 bridgehead atoms. The van der Waals surface area contributed by atoms with Crippen LogP contribution >= 0.6 is 11.5 Å². The van der Waals surface area contributed by atoms with Gasteiger partial charge < -0.3 is 14.4 Å². The summed E-state index contributed by atoms with van der Waals surface area (Å²) in [6.07, 6.45) is 3.18. The first-order valence-corrected chi connectivity index (χ1v) is 6.54. The van der Waals surface area contributed by atoms with Gasteiger partial charge in [0.1, 0.15) is 4.88 Å². The third kappa shape index (κ3) is 2.08. The molecule has 0 unspecified atom stereocenters. The Bertz CT molecular complexity index is 391. The van der Waals surface area contributed by atoms with Crippen LogP contribution in [-0.2, 0) is 9.47 Å². The summed E-state index contributed by atoms with van der Waals surface area (Å²) in [5, 5.41) is 0. The molecule has 2 fully saturated rings. The molecule has 0 radical (unpaired) electrons. The molecule has 0 aromatic carbocycles. The van der Waals surface area contributed by atoms with Crippen molar-refractivity contribution in [2.75, 3.05) is 26.3 Å². The fourth-order valence-electron chi connectivity index (χ4n) is 2.32. The molecule has 0 aliphatic carbocycles. The molecule has 1 aromatic rings. The van der Waals surface area contributed by atoms with Gasteiger partial charge >= 0.3 is 0 Å². The minimum absolute atomic E-state index is 0.0698. The van der Waals surface area contributed by atoms with Crippen molar-refractivity contribution in [1.82, 2.24) is 9.27 Å². The molecule has 92 valence electrons. The Morgan fingerprint density at radius 2 is 2.06 bits per heavy atom. The Morgan fingerprint density at radius 1 is 1.35 bits per heavy atom. The highest BCUT2D eigenvalue weighted by molar-refractivity contribution is 7.08. The van der Waals surface area contributed by atoms with Crippen molar-refractivity contribution in [1.29, 1.82) is 0 Å². The zero-order chi connectivity index (χ0) is 11.7. The van der Waals surface area contributed by atoms with Crippen molar-refractivity contribution < 1.29 is 14.3 Å². The predicted molar refractivity (Wildman–Crippen MR) is 61.9 cm³/mol. The molecule has 3 heterocycles. The minimum atomic E-state index is -0.412. The topological polar surface area (TPSA) is 51.7 Å². The fraction of sp³-hybridized carbons (Fsp3) is 0.636. The number of nitrogens with zero attached hydrogens (tertiary/aromatic N) is 2. The number of likely N-dealkylation sites (tertiary alicyclic amines) is 1. The molecule has 1 aromatic heterocycles. The first-order valence-electron chi connectivity index (χ1n) is 5.77. The number of hydrogen-bond acceptors (Lipinski definition) is 5. The summed E-state index contributed by atoms with van der Waals surface area (Å²) in [6, 6.07) is 1.76. The van der Waals surface area contributed by atoms with E-state index in [1.807, 2.05) is 4.90 Å². The van der Waals surface area contributed by atoms with E-state index in [0.717, 1.165) is 12.8 Å². The molecule has 6 heteroatoms. The number of ether oxygens (including phenoxy) is 2. The normalized spacial score (nSPS) is 23.2. The first-order chi connectivity index (χ1) is 8.29. The first kappa shape index (κ1) is 11.1. The lowest BCUT2D eigenvalue weighted by molar-refractivity contribution is -0.181. The van der Waals surface area contributed by atoms with E-state index in [-0.39, 0.29) is 5.91 Å². The van der Waals surface area contributed by atoms with E-state index in [2.05, 4.69) is 4.37 Å². The van der Waals surface area contributed by atoms with Crippen LogP contribution in [0.5, 0.6) is 0 Å². The number of carbonyl (C=O) groups excluding carboxylic acids is 1. The zero-order valence-electron chi connectivity index (χ0n) is 9.42. The van der Waals surface area contributed by atoms with Gasteiger partial charge in [-0.15, -0.1) is 0 Å². The molecule has 0 saturated carbocycles. The maximum atomic E-state index is 12.1. The van der Waals surface area contributed by atoms with E-state index in [1.165, 1.54) is 11.5 Å². The Kier molecular flexibility index (Phi) is 2.85. The zero-order valence-corrected chi connectivity index (χ0v) is 10.2. The molecule has 3 rings (SSSR count). The standard InChI is InChI=1S/C11H14N2O3S/c14-10(9-1-4-12-17-9)13-5-2-11(3-6-13)15-7-8-16-11/h1,4H,2-3,5-8H2. The van der Waals surface area contributed by atoms with Crippen LogP contribution in [0.3, 0.4) is 0 Å². The van der Waals surface area contributed by atoms with E-state index >= 15 is 0 Å². The van der Waals surface area contributed by atoms with E-state index in [1.54, 1.807) is 12.3 Å². The van der Waals surface area contributed by atoms with Crippen LogP contribution in [0.25, 0.3) is 0 Å². The summed E-state index contributed by atoms with van der Waals surface area (Å²) in [4.78, 5) is 14.6. The lowest BCUT2D eigenvalue weighted by Gasteiger charge is -2.37. The maximum absolute atomic E-state index is 12.1. The van der Waals surface area contributed by atoms with Gasteiger partial charge in [0.15, 0.2) is 5.79 Å². The molecule has 0 N–H and O–H groups in total. The molecule has 0 atom stereocenters.